The van der Waals surface area contributed by atoms with Gasteiger partial charge in [-0.2, -0.15) is 0 Å². The van der Waals surface area contributed by atoms with Crippen LogP contribution in [0.15, 0.2) is 0 Å². The summed E-state index contributed by atoms with van der Waals surface area (Å²) in [6, 6.07) is 0. The van der Waals surface area contributed by atoms with Crippen molar-refractivity contribution in [2.24, 2.45) is 0 Å². The van der Waals surface area contributed by atoms with Gasteiger partial charge in [-0.3, -0.25) is 0 Å². The van der Waals surface area contributed by atoms with Crippen molar-refractivity contribution in [3.63, 3.8) is 0 Å². The zero-order valence-electron chi connectivity index (χ0n) is 10.8. The van der Waals surface area contributed by atoms with Crippen LogP contribution in [0.25, 0.3) is 10.2 Å². The highest BCUT2D eigenvalue weighted by molar-refractivity contribution is 7.18. The van der Waals surface area contributed by atoms with Crippen LogP contribution in [0.2, 0.25) is 5.15 Å². The average molecular weight is 281 g/mol. The van der Waals surface area contributed by atoms with Crippen LogP contribution < -0.4 is 0 Å². The lowest BCUT2D eigenvalue weighted by Gasteiger charge is -2.20. The molecule has 1 fully saturated rings. The lowest BCUT2D eigenvalue weighted by Crippen LogP contribution is -2.08. The Morgan fingerprint density at radius 1 is 1.11 bits per heavy atom. The molecule has 2 aromatic heterocycles. The molecule has 0 unspecified atom stereocenters. The summed E-state index contributed by atoms with van der Waals surface area (Å²) in [5.74, 6) is 1.48. The van der Waals surface area contributed by atoms with E-state index in [0.717, 1.165) is 16.0 Å². The van der Waals surface area contributed by atoms with Crippen LogP contribution in [0, 0.1) is 13.8 Å². The second kappa shape index (κ2) is 4.78. The molecule has 0 amide bonds. The second-order valence-electron chi connectivity index (χ2n) is 5.17. The summed E-state index contributed by atoms with van der Waals surface area (Å²) in [5, 5.41) is 1.70. The van der Waals surface area contributed by atoms with Crippen molar-refractivity contribution in [1.29, 1.82) is 0 Å². The van der Waals surface area contributed by atoms with E-state index in [1.807, 2.05) is 0 Å². The molecule has 18 heavy (non-hydrogen) atoms. The molecule has 0 bridgehead atoms. The van der Waals surface area contributed by atoms with E-state index < -0.39 is 0 Å². The van der Waals surface area contributed by atoms with Crippen LogP contribution in [0.1, 0.15) is 54.3 Å². The van der Waals surface area contributed by atoms with Gasteiger partial charge >= 0.3 is 0 Å². The Kier molecular flexibility index (Phi) is 3.29. The molecular formula is C14H17ClN2S. The summed E-state index contributed by atoms with van der Waals surface area (Å²) in [6.07, 6.45) is 6.37. The first-order chi connectivity index (χ1) is 8.66. The molecule has 96 valence electrons. The lowest BCUT2D eigenvalue weighted by atomic mass is 9.89. The van der Waals surface area contributed by atoms with E-state index in [1.54, 1.807) is 11.3 Å². The Bertz CT molecular complexity index is 585. The molecule has 2 nitrogen and oxygen atoms in total. The van der Waals surface area contributed by atoms with Crippen LogP contribution in [-0.4, -0.2) is 9.97 Å². The summed E-state index contributed by atoms with van der Waals surface area (Å²) in [5.41, 5.74) is 1.23. The highest BCUT2D eigenvalue weighted by atomic mass is 35.5. The van der Waals surface area contributed by atoms with Crippen LogP contribution >= 0.6 is 22.9 Å². The number of halogens is 1. The maximum atomic E-state index is 6.36. The third kappa shape index (κ3) is 2.04. The fourth-order valence-electron chi connectivity index (χ4n) is 2.76. The highest BCUT2D eigenvalue weighted by Crippen LogP contribution is 2.36. The zero-order chi connectivity index (χ0) is 12.7. The Hall–Kier alpha value is -0.670. The van der Waals surface area contributed by atoms with Crippen molar-refractivity contribution in [3.05, 3.63) is 21.4 Å². The Morgan fingerprint density at radius 3 is 2.56 bits per heavy atom. The fourth-order valence-corrected chi connectivity index (χ4v) is 4.17. The SMILES string of the molecule is Cc1sc2nc(C3CCCCC3)nc(Cl)c2c1C. The van der Waals surface area contributed by atoms with Gasteiger partial charge in [-0.15, -0.1) is 11.3 Å². The standard InChI is InChI=1S/C14H17ClN2S/c1-8-9(2)18-14-11(8)12(15)16-13(17-14)10-6-4-3-5-7-10/h10H,3-7H2,1-2H3. The monoisotopic (exact) mass is 280 g/mol. The molecule has 0 aliphatic heterocycles. The fraction of sp³-hybridized carbons (Fsp3) is 0.571. The number of aryl methyl sites for hydroxylation is 2. The topological polar surface area (TPSA) is 25.8 Å². The van der Waals surface area contributed by atoms with Gasteiger partial charge in [0.15, 0.2) is 0 Å². The second-order valence-corrected chi connectivity index (χ2v) is 6.73. The van der Waals surface area contributed by atoms with Gasteiger partial charge in [0, 0.05) is 10.8 Å². The number of aromatic nitrogens is 2. The smallest absolute Gasteiger partial charge is 0.141 e. The molecule has 0 aromatic carbocycles. The van der Waals surface area contributed by atoms with E-state index in [1.165, 1.54) is 42.5 Å². The third-order valence-electron chi connectivity index (χ3n) is 3.97. The first-order valence-electron chi connectivity index (χ1n) is 6.60. The van der Waals surface area contributed by atoms with Gasteiger partial charge in [-0.05, 0) is 32.3 Å². The van der Waals surface area contributed by atoms with Gasteiger partial charge in [0.05, 0.1) is 5.39 Å². The van der Waals surface area contributed by atoms with E-state index in [0.29, 0.717) is 11.1 Å². The Balaban J connectivity index is 2.09. The largest absolute Gasteiger partial charge is 0.222 e. The predicted molar refractivity (Wildman–Crippen MR) is 77.7 cm³/mol. The van der Waals surface area contributed by atoms with Crippen molar-refractivity contribution in [3.8, 4) is 0 Å². The van der Waals surface area contributed by atoms with E-state index in [2.05, 4.69) is 18.8 Å². The summed E-state index contributed by atoms with van der Waals surface area (Å²) in [6.45, 7) is 4.22. The zero-order valence-corrected chi connectivity index (χ0v) is 12.4. The van der Waals surface area contributed by atoms with Crippen molar-refractivity contribution in [2.75, 3.05) is 0 Å². The number of hydrogen-bond donors (Lipinski definition) is 0. The van der Waals surface area contributed by atoms with Crippen LogP contribution in [0.5, 0.6) is 0 Å². The number of thiophene rings is 1. The van der Waals surface area contributed by atoms with Gasteiger partial charge in [-0.1, -0.05) is 30.9 Å². The molecule has 2 aromatic rings. The molecule has 2 heterocycles. The third-order valence-corrected chi connectivity index (χ3v) is 5.35. The van der Waals surface area contributed by atoms with Crippen molar-refractivity contribution in [1.82, 2.24) is 9.97 Å². The van der Waals surface area contributed by atoms with E-state index in [-0.39, 0.29) is 0 Å². The minimum atomic E-state index is 0.517. The number of nitrogens with zero attached hydrogens (tertiary/aromatic N) is 2. The average Bonchev–Trinajstić information content (AvgIpc) is 2.66. The molecule has 1 saturated carbocycles. The molecule has 0 N–H and O–H groups in total. The Morgan fingerprint density at radius 2 is 1.83 bits per heavy atom. The van der Waals surface area contributed by atoms with Crippen LogP contribution in [-0.2, 0) is 0 Å². The van der Waals surface area contributed by atoms with Gasteiger partial charge < -0.3 is 0 Å². The number of fused-ring (bicyclic) bond motifs is 1. The van der Waals surface area contributed by atoms with Crippen molar-refractivity contribution in [2.45, 2.75) is 51.9 Å². The molecule has 0 spiro atoms. The summed E-state index contributed by atoms with van der Waals surface area (Å²) in [7, 11) is 0. The lowest BCUT2D eigenvalue weighted by molar-refractivity contribution is 0.429. The summed E-state index contributed by atoms with van der Waals surface area (Å²) in [4.78, 5) is 11.7. The van der Waals surface area contributed by atoms with Crippen molar-refractivity contribution >= 4 is 33.2 Å². The first-order valence-corrected chi connectivity index (χ1v) is 7.79. The van der Waals surface area contributed by atoms with Gasteiger partial charge in [0.25, 0.3) is 0 Å². The van der Waals surface area contributed by atoms with Crippen LogP contribution in [0.4, 0.5) is 0 Å². The van der Waals surface area contributed by atoms with E-state index in [4.69, 9.17) is 16.6 Å². The Labute approximate surface area is 116 Å². The number of rotatable bonds is 1. The summed E-state index contributed by atoms with van der Waals surface area (Å²) >= 11 is 8.09. The maximum absolute atomic E-state index is 6.36. The molecule has 3 rings (SSSR count). The maximum Gasteiger partial charge on any atom is 0.141 e. The van der Waals surface area contributed by atoms with Gasteiger partial charge in [-0.25, -0.2) is 9.97 Å². The summed E-state index contributed by atoms with van der Waals surface area (Å²) < 4.78 is 0. The number of hydrogen-bond acceptors (Lipinski definition) is 3. The van der Waals surface area contributed by atoms with Gasteiger partial charge in [0.1, 0.15) is 15.8 Å². The predicted octanol–water partition coefficient (Wildman–Crippen LogP) is 5.01. The van der Waals surface area contributed by atoms with E-state index in [9.17, 15) is 0 Å². The van der Waals surface area contributed by atoms with Crippen LogP contribution in [0.3, 0.4) is 0 Å². The minimum absolute atomic E-state index is 0.517. The minimum Gasteiger partial charge on any atom is -0.222 e. The van der Waals surface area contributed by atoms with Gasteiger partial charge in [0.2, 0.25) is 0 Å². The molecular weight excluding hydrogens is 264 g/mol. The highest BCUT2D eigenvalue weighted by Gasteiger charge is 2.21. The molecule has 4 heteroatoms. The van der Waals surface area contributed by atoms with Crippen molar-refractivity contribution < 1.29 is 0 Å². The molecule has 1 aliphatic carbocycles. The molecule has 1 aliphatic rings. The normalized spacial score (nSPS) is 17.5. The molecule has 0 atom stereocenters. The quantitative estimate of drug-likeness (QED) is 0.686. The van der Waals surface area contributed by atoms with E-state index >= 15 is 0 Å². The molecule has 0 saturated heterocycles. The molecule has 0 radical (unpaired) electrons. The first kappa shape index (κ1) is 12.4.